The van der Waals surface area contributed by atoms with Crippen molar-refractivity contribution in [3.8, 4) is 0 Å². The summed E-state index contributed by atoms with van der Waals surface area (Å²) >= 11 is 0. The van der Waals surface area contributed by atoms with Gasteiger partial charge < -0.3 is 10.6 Å². The summed E-state index contributed by atoms with van der Waals surface area (Å²) in [6.07, 6.45) is 7.60. The molecule has 1 heterocycles. The number of rotatable bonds is 6. The lowest BCUT2D eigenvalue weighted by Gasteiger charge is -2.29. The van der Waals surface area contributed by atoms with Gasteiger partial charge in [0.2, 0.25) is 0 Å². The molecule has 0 aromatic heterocycles. The third-order valence-electron chi connectivity index (χ3n) is 3.71. The standard InChI is InChI=1S/C16H26N2/c1-3-5-7-13-9-10-15-16(11-13)18-14(12-17-15)8-6-4-2/h9-11,14,17-18H,3-8,12H2,1-2H3. The highest BCUT2D eigenvalue weighted by molar-refractivity contribution is 5.72. The van der Waals surface area contributed by atoms with E-state index in [9.17, 15) is 0 Å². The van der Waals surface area contributed by atoms with Crippen molar-refractivity contribution >= 4 is 11.4 Å². The topological polar surface area (TPSA) is 24.1 Å². The van der Waals surface area contributed by atoms with E-state index >= 15 is 0 Å². The Bertz CT molecular complexity index is 373. The van der Waals surface area contributed by atoms with E-state index in [1.165, 1.54) is 55.5 Å². The molecule has 1 aliphatic rings. The zero-order valence-electron chi connectivity index (χ0n) is 11.8. The van der Waals surface area contributed by atoms with Crippen molar-refractivity contribution in [2.75, 3.05) is 17.2 Å². The van der Waals surface area contributed by atoms with Crippen LogP contribution in [0.3, 0.4) is 0 Å². The van der Waals surface area contributed by atoms with E-state index in [0.29, 0.717) is 6.04 Å². The summed E-state index contributed by atoms with van der Waals surface area (Å²) in [5.74, 6) is 0. The largest absolute Gasteiger partial charge is 0.381 e. The number of hydrogen-bond acceptors (Lipinski definition) is 2. The predicted molar refractivity (Wildman–Crippen MR) is 80.5 cm³/mol. The highest BCUT2D eigenvalue weighted by atomic mass is 15.1. The molecule has 0 fully saturated rings. The van der Waals surface area contributed by atoms with Gasteiger partial charge in [0.1, 0.15) is 0 Å². The fraction of sp³-hybridized carbons (Fsp3) is 0.625. The first kappa shape index (κ1) is 13.3. The van der Waals surface area contributed by atoms with Crippen LogP contribution in [0.25, 0.3) is 0 Å². The third-order valence-corrected chi connectivity index (χ3v) is 3.71. The molecule has 2 N–H and O–H groups in total. The summed E-state index contributed by atoms with van der Waals surface area (Å²) in [5, 5.41) is 7.23. The molecular weight excluding hydrogens is 220 g/mol. The van der Waals surface area contributed by atoms with Gasteiger partial charge in [-0.25, -0.2) is 0 Å². The molecule has 0 radical (unpaired) electrons. The summed E-state index contributed by atoms with van der Waals surface area (Å²) in [6.45, 7) is 5.56. The van der Waals surface area contributed by atoms with Crippen LogP contribution in [-0.2, 0) is 6.42 Å². The Kier molecular flexibility index (Phi) is 4.91. The third kappa shape index (κ3) is 3.41. The number of fused-ring (bicyclic) bond motifs is 1. The second-order valence-electron chi connectivity index (χ2n) is 5.35. The molecule has 0 amide bonds. The Hall–Kier alpha value is -1.18. The smallest absolute Gasteiger partial charge is 0.0581 e. The van der Waals surface area contributed by atoms with Crippen LogP contribution in [-0.4, -0.2) is 12.6 Å². The molecule has 1 unspecified atom stereocenters. The first-order chi connectivity index (χ1) is 8.83. The Labute approximate surface area is 111 Å². The van der Waals surface area contributed by atoms with Gasteiger partial charge in [-0.2, -0.15) is 0 Å². The van der Waals surface area contributed by atoms with E-state index in [-0.39, 0.29) is 0 Å². The maximum atomic E-state index is 3.69. The fourth-order valence-corrected chi connectivity index (χ4v) is 2.53. The summed E-state index contributed by atoms with van der Waals surface area (Å²) in [4.78, 5) is 0. The molecular formula is C16H26N2. The molecule has 0 bridgehead atoms. The number of hydrogen-bond donors (Lipinski definition) is 2. The van der Waals surface area contributed by atoms with E-state index in [1.807, 2.05) is 0 Å². The fourth-order valence-electron chi connectivity index (χ4n) is 2.53. The average molecular weight is 246 g/mol. The van der Waals surface area contributed by atoms with E-state index < -0.39 is 0 Å². The molecule has 2 rings (SSSR count). The van der Waals surface area contributed by atoms with E-state index in [4.69, 9.17) is 0 Å². The van der Waals surface area contributed by atoms with Crippen LogP contribution in [0.5, 0.6) is 0 Å². The van der Waals surface area contributed by atoms with Crippen LogP contribution < -0.4 is 10.6 Å². The Morgan fingerprint density at radius 2 is 1.94 bits per heavy atom. The van der Waals surface area contributed by atoms with Crippen LogP contribution in [0.2, 0.25) is 0 Å². The Morgan fingerprint density at radius 3 is 2.72 bits per heavy atom. The zero-order valence-corrected chi connectivity index (χ0v) is 11.8. The minimum Gasteiger partial charge on any atom is -0.381 e. The number of anilines is 2. The Balaban J connectivity index is 2.00. The van der Waals surface area contributed by atoms with Gasteiger partial charge >= 0.3 is 0 Å². The van der Waals surface area contributed by atoms with Gasteiger partial charge in [-0.3, -0.25) is 0 Å². The minimum absolute atomic E-state index is 0.596. The molecule has 1 aromatic carbocycles. The monoisotopic (exact) mass is 246 g/mol. The first-order valence-corrected chi connectivity index (χ1v) is 7.46. The lowest BCUT2D eigenvalue weighted by atomic mass is 10.0. The molecule has 2 nitrogen and oxygen atoms in total. The molecule has 2 heteroatoms. The molecule has 1 aromatic rings. The van der Waals surface area contributed by atoms with E-state index in [1.54, 1.807) is 0 Å². The predicted octanol–water partition coefficient (Wildman–Crippen LogP) is 4.43. The zero-order chi connectivity index (χ0) is 12.8. The van der Waals surface area contributed by atoms with Crippen molar-refractivity contribution in [1.82, 2.24) is 0 Å². The number of aryl methyl sites for hydroxylation is 1. The quantitative estimate of drug-likeness (QED) is 0.776. The second-order valence-corrected chi connectivity index (χ2v) is 5.35. The van der Waals surface area contributed by atoms with Gasteiger partial charge in [0.15, 0.2) is 0 Å². The van der Waals surface area contributed by atoms with Crippen LogP contribution in [0, 0.1) is 0 Å². The van der Waals surface area contributed by atoms with Gasteiger partial charge in [0.05, 0.1) is 11.4 Å². The SMILES string of the molecule is CCCCc1ccc2c(c1)NC(CCCC)CN2. The summed E-state index contributed by atoms with van der Waals surface area (Å²) in [6, 6.07) is 7.41. The minimum atomic E-state index is 0.596. The van der Waals surface area contributed by atoms with E-state index in [0.717, 1.165) is 6.54 Å². The first-order valence-electron chi connectivity index (χ1n) is 7.46. The van der Waals surface area contributed by atoms with E-state index in [2.05, 4.69) is 42.7 Å². The van der Waals surface area contributed by atoms with Gasteiger partial charge in [-0.15, -0.1) is 0 Å². The maximum Gasteiger partial charge on any atom is 0.0581 e. The molecule has 1 aliphatic heterocycles. The molecule has 0 saturated heterocycles. The summed E-state index contributed by atoms with van der Waals surface area (Å²) < 4.78 is 0. The molecule has 0 spiro atoms. The van der Waals surface area contributed by atoms with Crippen LogP contribution in [0.1, 0.15) is 51.5 Å². The highest BCUT2D eigenvalue weighted by Gasteiger charge is 2.16. The molecule has 1 atom stereocenters. The van der Waals surface area contributed by atoms with Gasteiger partial charge in [0, 0.05) is 12.6 Å². The normalized spacial score (nSPS) is 17.8. The van der Waals surface area contributed by atoms with Crippen molar-refractivity contribution in [2.45, 2.75) is 58.4 Å². The van der Waals surface area contributed by atoms with Gasteiger partial charge in [-0.1, -0.05) is 39.2 Å². The van der Waals surface area contributed by atoms with Crippen LogP contribution in [0.15, 0.2) is 18.2 Å². The molecule has 18 heavy (non-hydrogen) atoms. The highest BCUT2D eigenvalue weighted by Crippen LogP contribution is 2.28. The lowest BCUT2D eigenvalue weighted by molar-refractivity contribution is 0.619. The number of nitrogens with one attached hydrogen (secondary N) is 2. The summed E-state index contributed by atoms with van der Waals surface area (Å²) in [5.41, 5.74) is 4.03. The number of benzene rings is 1. The van der Waals surface area contributed by atoms with Crippen molar-refractivity contribution < 1.29 is 0 Å². The van der Waals surface area contributed by atoms with Gasteiger partial charge in [0.25, 0.3) is 0 Å². The average Bonchev–Trinajstić information content (AvgIpc) is 2.42. The van der Waals surface area contributed by atoms with Crippen molar-refractivity contribution in [3.63, 3.8) is 0 Å². The van der Waals surface area contributed by atoms with Gasteiger partial charge in [-0.05, 0) is 37.0 Å². The number of unbranched alkanes of at least 4 members (excludes halogenated alkanes) is 2. The van der Waals surface area contributed by atoms with Crippen molar-refractivity contribution in [3.05, 3.63) is 23.8 Å². The van der Waals surface area contributed by atoms with Crippen LogP contribution >= 0.6 is 0 Å². The second kappa shape index (κ2) is 6.67. The Morgan fingerprint density at radius 1 is 1.11 bits per heavy atom. The summed E-state index contributed by atoms with van der Waals surface area (Å²) in [7, 11) is 0. The van der Waals surface area contributed by atoms with Crippen molar-refractivity contribution in [1.29, 1.82) is 0 Å². The van der Waals surface area contributed by atoms with Crippen LogP contribution in [0.4, 0.5) is 11.4 Å². The van der Waals surface area contributed by atoms with Crippen molar-refractivity contribution in [2.24, 2.45) is 0 Å². The lowest BCUT2D eigenvalue weighted by Crippen LogP contribution is -2.32. The maximum absolute atomic E-state index is 3.69. The molecule has 0 saturated carbocycles. The molecule has 0 aliphatic carbocycles. The molecule has 100 valence electrons.